The first kappa shape index (κ1) is 13.1. The van der Waals surface area contributed by atoms with Gasteiger partial charge in [0.2, 0.25) is 0 Å². The third kappa shape index (κ3) is 2.02. The summed E-state index contributed by atoms with van der Waals surface area (Å²) in [7, 11) is 0. The van der Waals surface area contributed by atoms with E-state index in [-0.39, 0.29) is 0 Å². The van der Waals surface area contributed by atoms with Gasteiger partial charge in [-0.2, -0.15) is 0 Å². The van der Waals surface area contributed by atoms with Gasteiger partial charge in [-0.25, -0.2) is 9.78 Å². The lowest BCUT2D eigenvalue weighted by molar-refractivity contribution is 0.0701. The van der Waals surface area contributed by atoms with Gasteiger partial charge in [-0.3, -0.25) is 0 Å². The number of hydrogen-bond acceptors (Lipinski definition) is 5. The topological polar surface area (TPSA) is 50.2 Å². The largest absolute Gasteiger partial charge is 0.477 e. The molecule has 3 nitrogen and oxygen atoms in total. The summed E-state index contributed by atoms with van der Waals surface area (Å²) in [6.45, 7) is 2.11. The van der Waals surface area contributed by atoms with E-state index < -0.39 is 5.97 Å². The number of nitrogens with zero attached hydrogens (tertiary/aromatic N) is 1. The molecule has 0 saturated heterocycles. The van der Waals surface area contributed by atoms with E-state index >= 15 is 0 Å². The summed E-state index contributed by atoms with van der Waals surface area (Å²) in [6.07, 6.45) is 4.69. The summed E-state index contributed by atoms with van der Waals surface area (Å²) in [5, 5.41) is 10.5. The van der Waals surface area contributed by atoms with Crippen molar-refractivity contribution in [2.45, 2.75) is 30.4 Å². The number of hydrogen-bond donors (Lipinski definition) is 1. The van der Waals surface area contributed by atoms with Gasteiger partial charge in [-0.1, -0.05) is 6.92 Å². The molecule has 0 radical (unpaired) electrons. The number of thiophene rings is 1. The molecule has 0 aromatic carbocycles. The maximum absolute atomic E-state index is 11.4. The number of fused-ring (bicyclic) bond motifs is 3. The summed E-state index contributed by atoms with van der Waals surface area (Å²) < 4.78 is 1.08. The Bertz CT molecular complexity index is 657. The van der Waals surface area contributed by atoms with Crippen LogP contribution in [-0.2, 0) is 19.3 Å². The highest BCUT2D eigenvalue weighted by atomic mass is 32.2. The molecular weight excluding hydrogens is 298 g/mol. The first-order valence-electron chi connectivity index (χ1n) is 6.07. The molecule has 3 rings (SSSR count). The Morgan fingerprint density at radius 2 is 2.21 bits per heavy atom. The van der Waals surface area contributed by atoms with Crippen LogP contribution in [0.5, 0.6) is 0 Å². The number of aromatic carboxylic acids is 1. The Morgan fingerprint density at radius 3 is 2.84 bits per heavy atom. The Kier molecular flexibility index (Phi) is 3.41. The minimum absolute atomic E-state index is 0.496. The molecule has 100 valence electrons. The molecule has 1 aliphatic rings. The van der Waals surface area contributed by atoms with Gasteiger partial charge in [0.15, 0.2) is 0 Å². The Morgan fingerprint density at radius 1 is 1.42 bits per heavy atom. The average Bonchev–Trinajstić information content (AvgIpc) is 2.98. The molecule has 0 atom stereocenters. The number of rotatable bonds is 3. The molecule has 19 heavy (non-hydrogen) atoms. The Labute approximate surface area is 123 Å². The van der Waals surface area contributed by atoms with E-state index in [2.05, 4.69) is 6.92 Å². The fraction of sp³-hybridized carbons (Fsp3) is 0.385. The van der Waals surface area contributed by atoms with Crippen molar-refractivity contribution < 1.29 is 9.90 Å². The second-order valence-electron chi connectivity index (χ2n) is 4.31. The van der Waals surface area contributed by atoms with E-state index in [1.54, 1.807) is 23.1 Å². The summed E-state index contributed by atoms with van der Waals surface area (Å²) in [5.74, 6) is -0.809. The molecule has 2 aromatic rings. The number of carboxylic acid groups (broad SMARTS) is 1. The summed E-state index contributed by atoms with van der Waals surface area (Å²) in [4.78, 5) is 17.9. The molecule has 0 bridgehead atoms. The van der Waals surface area contributed by atoms with Crippen molar-refractivity contribution in [3.05, 3.63) is 20.3 Å². The number of aryl methyl sites for hydroxylation is 2. The summed E-state index contributed by atoms with van der Waals surface area (Å²) >= 11 is 4.79. The fourth-order valence-electron chi connectivity index (χ4n) is 2.39. The van der Waals surface area contributed by atoms with Gasteiger partial charge >= 0.3 is 5.97 Å². The highest BCUT2D eigenvalue weighted by Crippen LogP contribution is 2.47. The van der Waals surface area contributed by atoms with Crippen molar-refractivity contribution >= 4 is 40.4 Å². The summed E-state index contributed by atoms with van der Waals surface area (Å²) in [5.41, 5.74) is 3.12. The predicted octanol–water partition coefficient (Wildman–Crippen LogP) is 3.95. The van der Waals surface area contributed by atoms with E-state index in [1.165, 1.54) is 16.2 Å². The van der Waals surface area contributed by atoms with Crippen LogP contribution in [0.25, 0.3) is 11.3 Å². The van der Waals surface area contributed by atoms with Crippen molar-refractivity contribution in [3.63, 3.8) is 0 Å². The van der Waals surface area contributed by atoms with Gasteiger partial charge in [0, 0.05) is 10.4 Å². The van der Waals surface area contributed by atoms with Crippen LogP contribution in [0.4, 0.5) is 0 Å². The Balaban J connectivity index is 2.24. The number of carboxylic acids is 1. The maximum atomic E-state index is 11.4. The molecule has 0 fully saturated rings. The number of carbonyl (C=O) groups is 1. The first-order chi connectivity index (χ1) is 9.15. The van der Waals surface area contributed by atoms with Crippen LogP contribution in [0.15, 0.2) is 4.21 Å². The molecule has 0 saturated carbocycles. The minimum atomic E-state index is -0.809. The molecule has 1 aliphatic carbocycles. The van der Waals surface area contributed by atoms with Crippen LogP contribution in [0.3, 0.4) is 0 Å². The molecule has 0 unspecified atom stereocenters. The van der Waals surface area contributed by atoms with Crippen molar-refractivity contribution in [2.24, 2.45) is 0 Å². The van der Waals surface area contributed by atoms with Crippen LogP contribution in [0, 0.1) is 0 Å². The monoisotopic (exact) mass is 311 g/mol. The highest BCUT2D eigenvalue weighted by molar-refractivity contribution is 8.00. The zero-order valence-corrected chi connectivity index (χ0v) is 13.1. The first-order valence-corrected chi connectivity index (χ1v) is 8.93. The van der Waals surface area contributed by atoms with Gasteiger partial charge in [-0.15, -0.1) is 34.4 Å². The smallest absolute Gasteiger partial charge is 0.346 e. The maximum Gasteiger partial charge on any atom is 0.346 e. The zero-order valence-electron chi connectivity index (χ0n) is 10.6. The lowest BCUT2D eigenvalue weighted by Crippen LogP contribution is -2.05. The summed E-state index contributed by atoms with van der Waals surface area (Å²) in [6, 6.07) is 0. The van der Waals surface area contributed by atoms with E-state index in [4.69, 9.17) is 4.98 Å². The molecule has 2 aromatic heterocycles. The van der Waals surface area contributed by atoms with Crippen LogP contribution in [0.1, 0.15) is 32.0 Å². The van der Waals surface area contributed by atoms with Crippen molar-refractivity contribution in [3.8, 4) is 11.3 Å². The van der Waals surface area contributed by atoms with E-state index in [9.17, 15) is 9.90 Å². The molecule has 1 N–H and O–H groups in total. The Hall–Kier alpha value is -0.850. The SMILES string of the molecule is CCc1nc2c(s1)CCc1c(C(=O)O)sc(SC)c1-2. The lowest BCUT2D eigenvalue weighted by Gasteiger charge is -2.12. The molecular formula is C13H13NO2S3. The van der Waals surface area contributed by atoms with Gasteiger partial charge < -0.3 is 5.11 Å². The molecule has 2 heterocycles. The van der Waals surface area contributed by atoms with Gasteiger partial charge in [-0.05, 0) is 31.1 Å². The number of aromatic nitrogens is 1. The minimum Gasteiger partial charge on any atom is -0.477 e. The van der Waals surface area contributed by atoms with Crippen LogP contribution >= 0.6 is 34.4 Å². The van der Waals surface area contributed by atoms with Crippen LogP contribution in [-0.4, -0.2) is 22.3 Å². The van der Waals surface area contributed by atoms with Crippen molar-refractivity contribution in [1.29, 1.82) is 0 Å². The second kappa shape index (κ2) is 4.92. The average molecular weight is 311 g/mol. The second-order valence-corrected chi connectivity index (χ2v) is 7.58. The van der Waals surface area contributed by atoms with Gasteiger partial charge in [0.25, 0.3) is 0 Å². The molecule has 0 amide bonds. The van der Waals surface area contributed by atoms with Gasteiger partial charge in [0.1, 0.15) is 4.88 Å². The highest BCUT2D eigenvalue weighted by Gasteiger charge is 2.30. The predicted molar refractivity (Wildman–Crippen MR) is 81.0 cm³/mol. The lowest BCUT2D eigenvalue weighted by atomic mass is 9.95. The van der Waals surface area contributed by atoms with Crippen molar-refractivity contribution in [1.82, 2.24) is 4.98 Å². The van der Waals surface area contributed by atoms with E-state index in [0.717, 1.165) is 45.3 Å². The van der Waals surface area contributed by atoms with E-state index in [1.807, 2.05) is 6.26 Å². The third-order valence-corrected chi connectivity index (χ3v) is 6.84. The number of thioether (sulfide) groups is 1. The molecule has 0 aliphatic heterocycles. The normalized spacial score (nSPS) is 13.2. The quantitative estimate of drug-likeness (QED) is 0.872. The molecule has 6 heteroatoms. The van der Waals surface area contributed by atoms with E-state index in [0.29, 0.717) is 4.88 Å². The fourth-order valence-corrected chi connectivity index (χ4v) is 5.34. The third-order valence-electron chi connectivity index (χ3n) is 3.24. The van der Waals surface area contributed by atoms with Crippen molar-refractivity contribution in [2.75, 3.05) is 6.26 Å². The zero-order chi connectivity index (χ0) is 13.6. The van der Waals surface area contributed by atoms with Crippen LogP contribution in [0.2, 0.25) is 0 Å². The van der Waals surface area contributed by atoms with Crippen LogP contribution < -0.4 is 0 Å². The molecule has 0 spiro atoms. The number of thiazole rings is 1. The van der Waals surface area contributed by atoms with Gasteiger partial charge in [0.05, 0.1) is 14.9 Å². The standard InChI is InChI=1S/C13H13NO2S3/c1-3-8-14-10-7(18-8)5-4-6-9(10)13(17-2)19-11(6)12(15)16/h3-5H2,1-2H3,(H,15,16).